The van der Waals surface area contributed by atoms with Crippen molar-refractivity contribution in [3.63, 3.8) is 0 Å². The topological polar surface area (TPSA) is 37.8 Å². The van der Waals surface area contributed by atoms with Crippen LogP contribution in [0.1, 0.15) is 31.0 Å². The summed E-state index contributed by atoms with van der Waals surface area (Å²) in [5.41, 5.74) is 3.23. The molecule has 0 aliphatic carbocycles. The number of nitrogens with zero attached hydrogens (tertiary/aromatic N) is 2. The third-order valence-corrected chi connectivity index (χ3v) is 3.36. The predicted octanol–water partition coefficient (Wildman–Crippen LogP) is 4.41. The molecule has 0 atom stereocenters. The minimum Gasteiger partial charge on any atom is -0.323 e. The monoisotopic (exact) mass is 305 g/mol. The maximum absolute atomic E-state index is 4.32. The van der Waals surface area contributed by atoms with Gasteiger partial charge in [-0.1, -0.05) is 19.9 Å². The summed E-state index contributed by atoms with van der Waals surface area (Å²) in [6.45, 7) is 6.31. The molecule has 4 heteroatoms. The van der Waals surface area contributed by atoms with Crippen molar-refractivity contribution in [1.82, 2.24) is 9.97 Å². The summed E-state index contributed by atoms with van der Waals surface area (Å²) in [6, 6.07) is 8.17. The zero-order valence-electron chi connectivity index (χ0n) is 10.7. The highest BCUT2D eigenvalue weighted by Crippen LogP contribution is 2.28. The third-order valence-electron chi connectivity index (χ3n) is 2.70. The van der Waals surface area contributed by atoms with Crippen molar-refractivity contribution in [2.45, 2.75) is 26.7 Å². The summed E-state index contributed by atoms with van der Waals surface area (Å²) < 4.78 is 1.03. The number of rotatable bonds is 3. The fraction of sp³-hybridized carbons (Fsp3) is 0.286. The van der Waals surface area contributed by atoms with Gasteiger partial charge in [0.2, 0.25) is 5.95 Å². The Morgan fingerprint density at radius 2 is 2.00 bits per heavy atom. The molecule has 0 bridgehead atoms. The lowest BCUT2D eigenvalue weighted by Gasteiger charge is -2.11. The summed E-state index contributed by atoms with van der Waals surface area (Å²) in [6.07, 6.45) is 1.75. The van der Waals surface area contributed by atoms with E-state index in [-0.39, 0.29) is 0 Å². The first-order chi connectivity index (χ1) is 8.56. The van der Waals surface area contributed by atoms with E-state index in [1.165, 1.54) is 5.56 Å². The molecule has 0 saturated heterocycles. The lowest BCUT2D eigenvalue weighted by molar-refractivity contribution is 0.866. The van der Waals surface area contributed by atoms with E-state index in [0.717, 1.165) is 15.9 Å². The van der Waals surface area contributed by atoms with Crippen LogP contribution in [0.25, 0.3) is 0 Å². The van der Waals surface area contributed by atoms with Crippen LogP contribution in [0.2, 0.25) is 0 Å². The zero-order chi connectivity index (χ0) is 13.1. The van der Waals surface area contributed by atoms with E-state index < -0.39 is 0 Å². The van der Waals surface area contributed by atoms with Crippen LogP contribution in [0.3, 0.4) is 0 Å². The van der Waals surface area contributed by atoms with E-state index in [9.17, 15) is 0 Å². The van der Waals surface area contributed by atoms with E-state index in [4.69, 9.17) is 0 Å². The van der Waals surface area contributed by atoms with Crippen molar-refractivity contribution >= 4 is 27.6 Å². The van der Waals surface area contributed by atoms with Crippen LogP contribution in [-0.4, -0.2) is 9.97 Å². The van der Waals surface area contributed by atoms with Gasteiger partial charge in [0.25, 0.3) is 0 Å². The predicted molar refractivity (Wildman–Crippen MR) is 78.3 cm³/mol. The molecule has 2 rings (SSSR count). The molecule has 1 N–H and O–H groups in total. The molecule has 0 aliphatic rings. The first-order valence-electron chi connectivity index (χ1n) is 5.92. The normalized spacial score (nSPS) is 10.7. The van der Waals surface area contributed by atoms with Gasteiger partial charge in [-0.3, -0.25) is 0 Å². The number of nitrogens with one attached hydrogen (secondary N) is 1. The molecule has 0 unspecified atom stereocenters. The van der Waals surface area contributed by atoms with Gasteiger partial charge in [-0.15, -0.1) is 0 Å². The van der Waals surface area contributed by atoms with Crippen molar-refractivity contribution in [3.8, 4) is 0 Å². The highest BCUT2D eigenvalue weighted by Gasteiger charge is 2.05. The zero-order valence-corrected chi connectivity index (χ0v) is 12.3. The number of halogens is 1. The first kappa shape index (κ1) is 13.0. The molecule has 0 saturated carbocycles. The Bertz CT molecular complexity index is 552. The molecular weight excluding hydrogens is 290 g/mol. The van der Waals surface area contributed by atoms with Crippen molar-refractivity contribution in [2.24, 2.45) is 0 Å². The molecule has 1 aromatic heterocycles. The second kappa shape index (κ2) is 5.48. The number of hydrogen-bond donors (Lipinski definition) is 1. The molecule has 2 aromatic rings. The maximum atomic E-state index is 4.32. The Balaban J connectivity index is 2.24. The fourth-order valence-corrected chi connectivity index (χ4v) is 2.12. The van der Waals surface area contributed by atoms with E-state index in [1.54, 1.807) is 6.20 Å². The van der Waals surface area contributed by atoms with Gasteiger partial charge in [-0.25, -0.2) is 9.97 Å². The van der Waals surface area contributed by atoms with E-state index >= 15 is 0 Å². The molecule has 1 aromatic carbocycles. The number of anilines is 2. The Kier molecular flexibility index (Phi) is 3.97. The first-order valence-corrected chi connectivity index (χ1v) is 6.71. The van der Waals surface area contributed by atoms with Gasteiger partial charge < -0.3 is 5.32 Å². The second-order valence-corrected chi connectivity index (χ2v) is 5.39. The highest BCUT2D eigenvalue weighted by molar-refractivity contribution is 9.10. The average molecular weight is 306 g/mol. The number of aromatic nitrogens is 2. The summed E-state index contributed by atoms with van der Waals surface area (Å²) in [7, 11) is 0. The molecular formula is C14H16BrN3. The van der Waals surface area contributed by atoms with Crippen LogP contribution in [0.5, 0.6) is 0 Å². The minimum atomic E-state index is 0.519. The van der Waals surface area contributed by atoms with Gasteiger partial charge >= 0.3 is 0 Å². The highest BCUT2D eigenvalue weighted by atomic mass is 79.9. The summed E-state index contributed by atoms with van der Waals surface area (Å²) >= 11 is 3.57. The molecule has 0 aliphatic heterocycles. The Hall–Kier alpha value is -1.42. The van der Waals surface area contributed by atoms with Crippen LogP contribution < -0.4 is 5.32 Å². The summed E-state index contributed by atoms with van der Waals surface area (Å²) in [4.78, 5) is 8.51. The average Bonchev–Trinajstić information content (AvgIpc) is 2.31. The van der Waals surface area contributed by atoms with Crippen LogP contribution in [0, 0.1) is 6.92 Å². The van der Waals surface area contributed by atoms with Crippen LogP contribution in [-0.2, 0) is 0 Å². The van der Waals surface area contributed by atoms with E-state index in [2.05, 4.69) is 57.2 Å². The molecule has 0 spiro atoms. The van der Waals surface area contributed by atoms with Crippen molar-refractivity contribution in [1.29, 1.82) is 0 Å². The van der Waals surface area contributed by atoms with Crippen molar-refractivity contribution < 1.29 is 0 Å². The van der Waals surface area contributed by atoms with E-state index in [1.807, 2.05) is 19.1 Å². The molecule has 1 heterocycles. The van der Waals surface area contributed by atoms with Crippen LogP contribution in [0.4, 0.5) is 11.6 Å². The summed E-state index contributed by atoms with van der Waals surface area (Å²) in [5, 5.41) is 3.21. The third kappa shape index (κ3) is 3.07. The van der Waals surface area contributed by atoms with Gasteiger partial charge in [-0.05, 0) is 52.5 Å². The molecule has 0 fully saturated rings. The van der Waals surface area contributed by atoms with Crippen LogP contribution >= 0.6 is 15.9 Å². The largest absolute Gasteiger partial charge is 0.323 e. The fourth-order valence-electron chi connectivity index (χ4n) is 1.62. The molecule has 18 heavy (non-hydrogen) atoms. The van der Waals surface area contributed by atoms with Crippen LogP contribution in [0.15, 0.2) is 34.9 Å². The lowest BCUT2D eigenvalue weighted by Crippen LogP contribution is -1.99. The molecule has 0 amide bonds. The smallest absolute Gasteiger partial charge is 0.227 e. The van der Waals surface area contributed by atoms with Gasteiger partial charge in [0, 0.05) is 16.4 Å². The quantitative estimate of drug-likeness (QED) is 0.912. The van der Waals surface area contributed by atoms with Gasteiger partial charge in [0.15, 0.2) is 0 Å². The standard InChI is InChI=1S/C14H16BrN3/c1-9(2)11-4-5-13(12(15)8-11)18-14-16-7-6-10(3)17-14/h4-9H,1-3H3,(H,16,17,18). The number of aryl methyl sites for hydroxylation is 1. The Labute approximate surface area is 116 Å². The van der Waals surface area contributed by atoms with Gasteiger partial charge in [0.05, 0.1) is 5.69 Å². The van der Waals surface area contributed by atoms with Crippen molar-refractivity contribution in [2.75, 3.05) is 5.32 Å². The van der Waals surface area contributed by atoms with E-state index in [0.29, 0.717) is 11.9 Å². The lowest BCUT2D eigenvalue weighted by atomic mass is 10.0. The summed E-state index contributed by atoms with van der Waals surface area (Å²) in [5.74, 6) is 1.14. The number of benzene rings is 1. The minimum absolute atomic E-state index is 0.519. The van der Waals surface area contributed by atoms with Crippen molar-refractivity contribution in [3.05, 3.63) is 46.2 Å². The van der Waals surface area contributed by atoms with Gasteiger partial charge in [-0.2, -0.15) is 0 Å². The second-order valence-electron chi connectivity index (χ2n) is 4.54. The molecule has 94 valence electrons. The Morgan fingerprint density at radius 3 is 2.61 bits per heavy atom. The SMILES string of the molecule is Cc1ccnc(Nc2ccc(C(C)C)cc2Br)n1. The molecule has 0 radical (unpaired) electrons. The molecule has 3 nitrogen and oxygen atoms in total. The maximum Gasteiger partial charge on any atom is 0.227 e. The Morgan fingerprint density at radius 1 is 1.22 bits per heavy atom. The van der Waals surface area contributed by atoms with Gasteiger partial charge in [0.1, 0.15) is 0 Å². The number of hydrogen-bond acceptors (Lipinski definition) is 3.